The predicted octanol–water partition coefficient (Wildman–Crippen LogP) is 2.93. The van der Waals surface area contributed by atoms with Crippen LogP contribution in [0, 0.1) is 11.3 Å². The number of benzene rings is 1. The molecule has 1 aliphatic rings. The summed E-state index contributed by atoms with van der Waals surface area (Å²) in [6.07, 6.45) is 3.19. The molecular weight excluding hydrogens is 224 g/mol. The summed E-state index contributed by atoms with van der Waals surface area (Å²) in [6.45, 7) is 2.00. The number of hydrogen-bond donors (Lipinski definition) is 0. The lowest BCUT2D eigenvalue weighted by Crippen LogP contribution is -2.38. The summed E-state index contributed by atoms with van der Waals surface area (Å²) in [5, 5.41) is 11.2. The van der Waals surface area contributed by atoms with Gasteiger partial charge in [0.2, 0.25) is 0 Å². The van der Waals surface area contributed by atoms with Gasteiger partial charge in [-0.15, -0.1) is 0 Å². The molecule has 0 aromatic heterocycles. The third kappa shape index (κ3) is 2.19. The van der Waals surface area contributed by atoms with Crippen LogP contribution in [0.4, 0.5) is 5.69 Å². The Hall–Kier alpha value is -1.50. The topological polar surface area (TPSA) is 36.3 Å². The number of halogens is 1. The smallest absolute Gasteiger partial charge is 0.190 e. The van der Waals surface area contributed by atoms with Crippen LogP contribution in [0.1, 0.15) is 6.92 Å². The zero-order valence-electron chi connectivity index (χ0n) is 8.80. The summed E-state index contributed by atoms with van der Waals surface area (Å²) in [5.41, 5.74) is 0.890. The van der Waals surface area contributed by atoms with Gasteiger partial charge in [0, 0.05) is 5.02 Å². The lowest BCUT2D eigenvalue weighted by atomic mass is 10.2. The molecule has 2 unspecified atom stereocenters. The quantitative estimate of drug-likeness (QED) is 0.701. The number of hydroxylamine groups is 1. The largest absolute Gasteiger partial charge is 0.250 e. The molecule has 0 amide bonds. The van der Waals surface area contributed by atoms with Gasteiger partial charge in [0.05, 0.1) is 11.7 Å². The van der Waals surface area contributed by atoms with Crippen molar-refractivity contribution in [2.24, 2.45) is 0 Å². The normalized spacial score (nSPS) is 24.2. The zero-order valence-corrected chi connectivity index (χ0v) is 9.56. The molecule has 0 fully saturated rings. The van der Waals surface area contributed by atoms with Crippen LogP contribution in [0.5, 0.6) is 0 Å². The molecule has 0 radical (unpaired) electrons. The average molecular weight is 235 g/mol. The van der Waals surface area contributed by atoms with Crippen LogP contribution < -0.4 is 5.06 Å². The lowest BCUT2D eigenvalue weighted by molar-refractivity contribution is 0.0746. The Kier molecular flexibility index (Phi) is 3.14. The van der Waals surface area contributed by atoms with Crippen LogP contribution in [-0.2, 0) is 4.84 Å². The van der Waals surface area contributed by atoms with E-state index in [2.05, 4.69) is 6.07 Å². The van der Waals surface area contributed by atoms with Crippen LogP contribution in [0.25, 0.3) is 0 Å². The molecule has 4 heteroatoms. The van der Waals surface area contributed by atoms with Crippen LogP contribution in [0.3, 0.4) is 0 Å². The molecule has 2 rings (SSSR count). The molecule has 1 aromatic carbocycles. The van der Waals surface area contributed by atoms with E-state index < -0.39 is 6.10 Å². The first-order valence-corrected chi connectivity index (χ1v) is 5.38. The van der Waals surface area contributed by atoms with E-state index in [0.29, 0.717) is 5.02 Å². The van der Waals surface area contributed by atoms with Crippen LogP contribution in [0.15, 0.2) is 36.4 Å². The summed E-state index contributed by atoms with van der Waals surface area (Å²) in [6, 6.07) is 9.49. The van der Waals surface area contributed by atoms with Crippen molar-refractivity contribution < 1.29 is 4.84 Å². The lowest BCUT2D eigenvalue weighted by Gasteiger charge is -2.32. The van der Waals surface area contributed by atoms with E-state index in [-0.39, 0.29) is 6.04 Å². The number of nitriles is 1. The van der Waals surface area contributed by atoms with E-state index in [0.717, 1.165) is 5.69 Å². The van der Waals surface area contributed by atoms with Gasteiger partial charge in [-0.05, 0) is 37.3 Å². The highest BCUT2D eigenvalue weighted by atomic mass is 35.5. The highest BCUT2D eigenvalue weighted by Crippen LogP contribution is 2.24. The summed E-state index contributed by atoms with van der Waals surface area (Å²) < 4.78 is 0. The van der Waals surface area contributed by atoms with E-state index >= 15 is 0 Å². The summed E-state index contributed by atoms with van der Waals surface area (Å²) >= 11 is 5.82. The van der Waals surface area contributed by atoms with Crippen molar-refractivity contribution in [1.29, 1.82) is 5.26 Å². The Morgan fingerprint density at radius 2 is 2.00 bits per heavy atom. The van der Waals surface area contributed by atoms with Gasteiger partial charge >= 0.3 is 0 Å². The second-order valence-electron chi connectivity index (χ2n) is 3.58. The second kappa shape index (κ2) is 4.56. The molecule has 1 aromatic rings. The SMILES string of the molecule is CC1C=CC(C#N)ON1c1ccc(Cl)cc1. The van der Waals surface area contributed by atoms with Crippen molar-refractivity contribution in [3.8, 4) is 6.07 Å². The van der Waals surface area contributed by atoms with E-state index in [1.807, 2.05) is 25.1 Å². The first-order chi connectivity index (χ1) is 7.70. The monoisotopic (exact) mass is 234 g/mol. The predicted molar refractivity (Wildman–Crippen MR) is 63.0 cm³/mol. The molecule has 0 bridgehead atoms. The Morgan fingerprint density at radius 1 is 1.31 bits per heavy atom. The van der Waals surface area contributed by atoms with Gasteiger partial charge in [-0.25, -0.2) is 5.06 Å². The highest BCUT2D eigenvalue weighted by Gasteiger charge is 2.21. The van der Waals surface area contributed by atoms with Crippen LogP contribution in [0.2, 0.25) is 5.02 Å². The average Bonchev–Trinajstić information content (AvgIpc) is 2.31. The maximum absolute atomic E-state index is 8.81. The maximum atomic E-state index is 8.81. The van der Waals surface area contributed by atoms with Gasteiger partial charge < -0.3 is 0 Å². The molecule has 0 aliphatic carbocycles. The van der Waals surface area contributed by atoms with Crippen molar-refractivity contribution in [3.63, 3.8) is 0 Å². The molecule has 0 spiro atoms. The Balaban J connectivity index is 2.24. The fourth-order valence-electron chi connectivity index (χ4n) is 1.54. The molecule has 0 N–H and O–H groups in total. The maximum Gasteiger partial charge on any atom is 0.190 e. The first kappa shape index (κ1) is 11.0. The third-order valence-corrected chi connectivity index (χ3v) is 2.62. The van der Waals surface area contributed by atoms with E-state index in [1.54, 1.807) is 23.3 Å². The molecular formula is C12H11ClN2O. The summed E-state index contributed by atoms with van der Waals surface area (Å²) in [4.78, 5) is 5.52. The highest BCUT2D eigenvalue weighted by molar-refractivity contribution is 6.30. The number of rotatable bonds is 1. The van der Waals surface area contributed by atoms with Crippen molar-refractivity contribution in [2.75, 3.05) is 5.06 Å². The summed E-state index contributed by atoms with van der Waals surface area (Å²) in [7, 11) is 0. The van der Waals surface area contributed by atoms with Crippen LogP contribution >= 0.6 is 11.6 Å². The van der Waals surface area contributed by atoms with Crippen molar-refractivity contribution >= 4 is 17.3 Å². The molecule has 16 heavy (non-hydrogen) atoms. The van der Waals surface area contributed by atoms with Crippen molar-refractivity contribution in [3.05, 3.63) is 41.4 Å². The van der Waals surface area contributed by atoms with Gasteiger partial charge in [-0.3, -0.25) is 4.84 Å². The summed E-state index contributed by atoms with van der Waals surface area (Å²) in [5.74, 6) is 0. The number of nitrogens with zero attached hydrogens (tertiary/aromatic N) is 2. The molecule has 3 nitrogen and oxygen atoms in total. The van der Waals surface area contributed by atoms with Gasteiger partial charge in [0.15, 0.2) is 6.10 Å². The molecule has 1 aliphatic heterocycles. The van der Waals surface area contributed by atoms with E-state index in [9.17, 15) is 0 Å². The Morgan fingerprint density at radius 3 is 2.62 bits per heavy atom. The number of anilines is 1. The molecule has 2 atom stereocenters. The van der Waals surface area contributed by atoms with Crippen LogP contribution in [-0.4, -0.2) is 12.1 Å². The Bertz CT molecular complexity index is 435. The van der Waals surface area contributed by atoms with Gasteiger partial charge in [-0.1, -0.05) is 17.7 Å². The van der Waals surface area contributed by atoms with E-state index in [4.69, 9.17) is 21.7 Å². The fourth-order valence-corrected chi connectivity index (χ4v) is 1.67. The minimum atomic E-state index is -0.521. The molecule has 0 saturated carbocycles. The molecule has 1 heterocycles. The van der Waals surface area contributed by atoms with Gasteiger partial charge in [-0.2, -0.15) is 5.26 Å². The van der Waals surface area contributed by atoms with Gasteiger partial charge in [0.25, 0.3) is 0 Å². The number of hydrogen-bond acceptors (Lipinski definition) is 3. The standard InChI is InChI=1S/C12H11ClN2O/c1-9-2-7-12(8-14)16-15(9)11-5-3-10(13)4-6-11/h2-7,9,12H,1H3. The van der Waals surface area contributed by atoms with Crippen molar-refractivity contribution in [1.82, 2.24) is 0 Å². The minimum absolute atomic E-state index is 0.103. The molecule has 82 valence electrons. The van der Waals surface area contributed by atoms with Crippen molar-refractivity contribution in [2.45, 2.75) is 19.1 Å². The zero-order chi connectivity index (χ0) is 11.5. The Labute approximate surface area is 99.4 Å². The first-order valence-electron chi connectivity index (χ1n) is 5.00. The van der Waals surface area contributed by atoms with E-state index in [1.165, 1.54) is 0 Å². The second-order valence-corrected chi connectivity index (χ2v) is 4.02. The fraction of sp³-hybridized carbons (Fsp3) is 0.250. The van der Waals surface area contributed by atoms with Gasteiger partial charge in [0.1, 0.15) is 6.07 Å². The molecule has 0 saturated heterocycles. The third-order valence-electron chi connectivity index (χ3n) is 2.37. The minimum Gasteiger partial charge on any atom is -0.250 e.